The Labute approximate surface area is 181 Å². The number of hydrogen-bond donors (Lipinski definition) is 2. The van der Waals surface area contributed by atoms with E-state index in [1.165, 1.54) is 0 Å². The molecule has 0 saturated heterocycles. The topological polar surface area (TPSA) is 85.3 Å². The lowest BCUT2D eigenvalue weighted by Gasteiger charge is -2.33. The fraction of sp³-hybridized carbons (Fsp3) is 0.320. The zero-order valence-electron chi connectivity index (χ0n) is 18.1. The summed E-state index contributed by atoms with van der Waals surface area (Å²) in [6.07, 6.45) is 7.58. The number of anilines is 1. The van der Waals surface area contributed by atoms with Crippen molar-refractivity contribution >= 4 is 28.0 Å². The molecule has 3 aromatic heterocycles. The maximum absolute atomic E-state index is 12.2. The third-order valence-corrected chi connectivity index (χ3v) is 7.21. The van der Waals surface area contributed by atoms with Crippen LogP contribution in [0.1, 0.15) is 44.0 Å². The Hall–Kier alpha value is -3.41. The average Bonchev–Trinajstić information content (AvgIpc) is 3.30. The molecular weight excluding hydrogens is 386 g/mol. The highest BCUT2D eigenvalue weighted by molar-refractivity contribution is 6.02. The first-order chi connectivity index (χ1) is 14.8. The van der Waals surface area contributed by atoms with Gasteiger partial charge in [-0.15, -0.1) is 0 Å². The SMILES string of the molecule is C[C@H]1CC[C@@H](Nc2c(C(N)=O)cnn3cc(-c4ccc5ncccc5c4)cc23)C1(C)C. The molecule has 3 heterocycles. The maximum atomic E-state index is 12.2. The van der Waals surface area contributed by atoms with Crippen molar-refractivity contribution in [3.05, 3.63) is 60.6 Å². The molecule has 1 fully saturated rings. The van der Waals surface area contributed by atoms with E-state index >= 15 is 0 Å². The van der Waals surface area contributed by atoms with E-state index in [9.17, 15) is 4.79 Å². The number of nitrogens with two attached hydrogens (primary N) is 1. The second-order valence-corrected chi connectivity index (χ2v) is 9.26. The van der Waals surface area contributed by atoms with Gasteiger partial charge < -0.3 is 11.1 Å². The fourth-order valence-corrected chi connectivity index (χ4v) is 4.74. The molecule has 3 N–H and O–H groups in total. The molecule has 6 nitrogen and oxygen atoms in total. The molecule has 2 atom stereocenters. The quantitative estimate of drug-likeness (QED) is 0.499. The van der Waals surface area contributed by atoms with Crippen LogP contribution in [-0.2, 0) is 0 Å². The highest BCUT2D eigenvalue weighted by Gasteiger charge is 2.41. The van der Waals surface area contributed by atoms with Gasteiger partial charge in [0, 0.05) is 29.4 Å². The minimum atomic E-state index is -0.471. The first kappa shape index (κ1) is 19.5. The highest BCUT2D eigenvalue weighted by Crippen LogP contribution is 2.44. The molecule has 0 aliphatic heterocycles. The molecule has 1 amide bonds. The molecule has 1 saturated carbocycles. The largest absolute Gasteiger partial charge is 0.379 e. The van der Waals surface area contributed by atoms with E-state index in [0.29, 0.717) is 11.5 Å². The molecule has 1 aliphatic rings. The number of primary amides is 1. The number of fused-ring (bicyclic) bond motifs is 2. The summed E-state index contributed by atoms with van der Waals surface area (Å²) in [6.45, 7) is 6.87. The van der Waals surface area contributed by atoms with Crippen LogP contribution in [0.4, 0.5) is 5.69 Å². The van der Waals surface area contributed by atoms with Gasteiger partial charge in [0.25, 0.3) is 5.91 Å². The van der Waals surface area contributed by atoms with Crippen LogP contribution in [0.2, 0.25) is 0 Å². The first-order valence-electron chi connectivity index (χ1n) is 10.8. The molecule has 0 bridgehead atoms. The molecule has 5 rings (SSSR count). The standard InChI is InChI=1S/C25H27N5O/c1-15-6-9-22(25(15,2)3)29-23-19(24(26)31)13-28-30-14-18(12-21(23)30)16-7-8-20-17(11-16)5-4-10-27-20/h4-5,7-8,10-15,22,29H,6,9H2,1-3H3,(H2,26,31)/t15-,22+/m0/s1. The van der Waals surface area contributed by atoms with Gasteiger partial charge in [0.2, 0.25) is 0 Å². The normalized spacial score (nSPS) is 20.4. The molecule has 158 valence electrons. The van der Waals surface area contributed by atoms with Gasteiger partial charge in [0.1, 0.15) is 0 Å². The number of carbonyl (C=O) groups is 1. The van der Waals surface area contributed by atoms with Crippen molar-refractivity contribution in [1.82, 2.24) is 14.6 Å². The van der Waals surface area contributed by atoms with E-state index in [1.807, 2.05) is 22.8 Å². The van der Waals surface area contributed by atoms with Crippen molar-refractivity contribution in [2.45, 2.75) is 39.7 Å². The number of rotatable bonds is 4. The van der Waals surface area contributed by atoms with E-state index in [1.54, 1.807) is 12.4 Å². The maximum Gasteiger partial charge on any atom is 0.252 e. The lowest BCUT2D eigenvalue weighted by Crippen LogP contribution is -2.35. The number of benzene rings is 1. The van der Waals surface area contributed by atoms with Crippen molar-refractivity contribution in [3.8, 4) is 11.1 Å². The molecule has 6 heteroatoms. The Morgan fingerprint density at radius 3 is 2.77 bits per heavy atom. The van der Waals surface area contributed by atoms with Gasteiger partial charge in [-0.1, -0.05) is 32.9 Å². The third-order valence-electron chi connectivity index (χ3n) is 7.21. The van der Waals surface area contributed by atoms with E-state index in [-0.39, 0.29) is 11.5 Å². The summed E-state index contributed by atoms with van der Waals surface area (Å²) in [7, 11) is 0. The van der Waals surface area contributed by atoms with Gasteiger partial charge in [-0.2, -0.15) is 5.10 Å². The van der Waals surface area contributed by atoms with Gasteiger partial charge >= 0.3 is 0 Å². The number of nitrogens with zero attached hydrogens (tertiary/aromatic N) is 3. The number of carbonyl (C=O) groups excluding carboxylic acids is 1. The summed E-state index contributed by atoms with van der Waals surface area (Å²) >= 11 is 0. The monoisotopic (exact) mass is 413 g/mol. The predicted molar refractivity (Wildman–Crippen MR) is 124 cm³/mol. The predicted octanol–water partition coefficient (Wildman–Crippen LogP) is 4.89. The van der Waals surface area contributed by atoms with E-state index < -0.39 is 5.91 Å². The van der Waals surface area contributed by atoms with Gasteiger partial charge in [-0.3, -0.25) is 9.78 Å². The van der Waals surface area contributed by atoms with Crippen molar-refractivity contribution < 1.29 is 4.79 Å². The number of hydrogen-bond acceptors (Lipinski definition) is 4. The third kappa shape index (κ3) is 3.23. The summed E-state index contributed by atoms with van der Waals surface area (Å²) in [4.78, 5) is 16.6. The summed E-state index contributed by atoms with van der Waals surface area (Å²) in [6, 6.07) is 12.5. The lowest BCUT2D eigenvalue weighted by atomic mass is 9.80. The Morgan fingerprint density at radius 2 is 2.03 bits per heavy atom. The number of aromatic nitrogens is 3. The highest BCUT2D eigenvalue weighted by atomic mass is 16.1. The zero-order valence-corrected chi connectivity index (χ0v) is 18.1. The lowest BCUT2D eigenvalue weighted by molar-refractivity contribution is 0.100. The van der Waals surface area contributed by atoms with Crippen molar-refractivity contribution in [2.75, 3.05) is 5.32 Å². The number of nitrogens with one attached hydrogen (secondary N) is 1. The molecule has 4 aromatic rings. The van der Waals surface area contributed by atoms with Crippen LogP contribution in [0, 0.1) is 11.3 Å². The zero-order chi connectivity index (χ0) is 21.8. The smallest absolute Gasteiger partial charge is 0.252 e. The van der Waals surface area contributed by atoms with Crippen molar-refractivity contribution in [3.63, 3.8) is 0 Å². The molecule has 0 spiro atoms. The van der Waals surface area contributed by atoms with Crippen LogP contribution < -0.4 is 11.1 Å². The van der Waals surface area contributed by atoms with Crippen LogP contribution in [0.25, 0.3) is 27.5 Å². The van der Waals surface area contributed by atoms with Crippen LogP contribution in [-0.4, -0.2) is 26.5 Å². The molecule has 1 aromatic carbocycles. The van der Waals surface area contributed by atoms with Crippen LogP contribution in [0.5, 0.6) is 0 Å². The Kier molecular flexibility index (Phi) is 4.46. The summed E-state index contributed by atoms with van der Waals surface area (Å²) in [5.41, 5.74) is 11.0. The number of amides is 1. The summed E-state index contributed by atoms with van der Waals surface area (Å²) in [5, 5.41) is 9.22. The Morgan fingerprint density at radius 1 is 1.19 bits per heavy atom. The minimum absolute atomic E-state index is 0.121. The molecule has 0 radical (unpaired) electrons. The second-order valence-electron chi connectivity index (χ2n) is 9.26. The van der Waals surface area contributed by atoms with Crippen LogP contribution >= 0.6 is 0 Å². The van der Waals surface area contributed by atoms with Crippen LogP contribution in [0.3, 0.4) is 0 Å². The first-order valence-corrected chi connectivity index (χ1v) is 10.8. The number of pyridine rings is 1. The van der Waals surface area contributed by atoms with Crippen molar-refractivity contribution in [2.24, 2.45) is 17.1 Å². The molecular formula is C25H27N5O. The van der Waals surface area contributed by atoms with E-state index in [0.717, 1.165) is 46.1 Å². The molecule has 31 heavy (non-hydrogen) atoms. The van der Waals surface area contributed by atoms with E-state index in [2.05, 4.69) is 60.4 Å². The summed E-state index contributed by atoms with van der Waals surface area (Å²) < 4.78 is 1.82. The average molecular weight is 414 g/mol. The second kappa shape index (κ2) is 7.08. The van der Waals surface area contributed by atoms with Gasteiger partial charge in [0.05, 0.1) is 28.5 Å². The van der Waals surface area contributed by atoms with Gasteiger partial charge in [0.15, 0.2) is 0 Å². The Balaban J connectivity index is 1.62. The van der Waals surface area contributed by atoms with Crippen molar-refractivity contribution in [1.29, 1.82) is 0 Å². The summed E-state index contributed by atoms with van der Waals surface area (Å²) in [5.74, 6) is 0.134. The Bertz CT molecular complexity index is 1310. The van der Waals surface area contributed by atoms with Crippen LogP contribution in [0.15, 0.2) is 55.0 Å². The molecule has 0 unspecified atom stereocenters. The van der Waals surface area contributed by atoms with Gasteiger partial charge in [-0.25, -0.2) is 4.52 Å². The van der Waals surface area contributed by atoms with Gasteiger partial charge in [-0.05, 0) is 54.0 Å². The molecule has 1 aliphatic carbocycles. The minimum Gasteiger partial charge on any atom is -0.379 e. The fourth-order valence-electron chi connectivity index (χ4n) is 4.74. The van der Waals surface area contributed by atoms with E-state index in [4.69, 9.17) is 5.73 Å².